The van der Waals surface area contributed by atoms with Crippen LogP contribution < -0.4 is 14.8 Å². The van der Waals surface area contributed by atoms with Gasteiger partial charge < -0.3 is 24.3 Å². The molecule has 0 saturated carbocycles. The Kier molecular flexibility index (Phi) is 9.61. The molecule has 0 saturated heterocycles. The van der Waals surface area contributed by atoms with Crippen LogP contribution in [0.5, 0.6) is 11.5 Å². The summed E-state index contributed by atoms with van der Waals surface area (Å²) in [6.45, 7) is 6.28. The zero-order valence-electron chi connectivity index (χ0n) is 13.3. The highest BCUT2D eigenvalue weighted by atomic mass is 16.5. The molecule has 0 aliphatic rings. The number of rotatable bonds is 12. The molecular weight excluding hydrogens is 270 g/mol. The lowest BCUT2D eigenvalue weighted by Crippen LogP contribution is -2.19. The first-order valence-corrected chi connectivity index (χ1v) is 7.39. The van der Waals surface area contributed by atoms with E-state index in [1.54, 1.807) is 14.2 Å². The predicted molar refractivity (Wildman–Crippen MR) is 83.2 cm³/mol. The van der Waals surface area contributed by atoms with Crippen LogP contribution in [0.4, 0.5) is 0 Å². The molecule has 0 aliphatic heterocycles. The molecule has 0 spiro atoms. The number of hydrogen-bond acceptors (Lipinski definition) is 5. The molecule has 120 valence electrons. The van der Waals surface area contributed by atoms with Gasteiger partial charge in [0.1, 0.15) is 0 Å². The molecule has 1 N–H and O–H groups in total. The normalized spacial score (nSPS) is 10.6. The van der Waals surface area contributed by atoms with E-state index < -0.39 is 0 Å². The van der Waals surface area contributed by atoms with Crippen LogP contribution in [0.15, 0.2) is 18.2 Å². The maximum absolute atomic E-state index is 5.89. The van der Waals surface area contributed by atoms with Crippen molar-refractivity contribution in [3.63, 3.8) is 0 Å². The third-order valence-electron chi connectivity index (χ3n) is 2.96. The van der Waals surface area contributed by atoms with E-state index in [1.165, 1.54) is 0 Å². The second-order valence-electron chi connectivity index (χ2n) is 4.52. The monoisotopic (exact) mass is 297 g/mol. The standard InChI is InChI=1S/C16H27NO4/c1-4-20-10-6-11-21-16-14(13-17-9-12-18-2)7-5-8-15(16)19-3/h5,7-8,17H,4,6,9-13H2,1-3H3. The fourth-order valence-corrected chi connectivity index (χ4v) is 1.90. The number of methoxy groups -OCH3 is 2. The van der Waals surface area contributed by atoms with Crippen LogP contribution in [-0.4, -0.2) is 47.2 Å². The maximum Gasteiger partial charge on any atom is 0.165 e. The molecule has 21 heavy (non-hydrogen) atoms. The quantitative estimate of drug-likeness (QED) is 0.600. The second kappa shape index (κ2) is 11.4. The van der Waals surface area contributed by atoms with E-state index in [-0.39, 0.29) is 0 Å². The van der Waals surface area contributed by atoms with Gasteiger partial charge in [-0.15, -0.1) is 0 Å². The van der Waals surface area contributed by atoms with Gasteiger partial charge in [-0.2, -0.15) is 0 Å². The number of nitrogens with one attached hydrogen (secondary N) is 1. The Labute approximate surface area is 127 Å². The van der Waals surface area contributed by atoms with Gasteiger partial charge in [0.05, 0.1) is 20.3 Å². The highest BCUT2D eigenvalue weighted by Crippen LogP contribution is 2.31. The molecule has 0 amide bonds. The number of para-hydroxylation sites is 1. The molecule has 5 heteroatoms. The van der Waals surface area contributed by atoms with Crippen molar-refractivity contribution in [3.05, 3.63) is 23.8 Å². The lowest BCUT2D eigenvalue weighted by Gasteiger charge is -2.15. The molecule has 0 radical (unpaired) electrons. The van der Waals surface area contributed by atoms with Gasteiger partial charge in [0.25, 0.3) is 0 Å². The lowest BCUT2D eigenvalue weighted by atomic mass is 10.2. The smallest absolute Gasteiger partial charge is 0.165 e. The van der Waals surface area contributed by atoms with Crippen molar-refractivity contribution in [3.8, 4) is 11.5 Å². The molecule has 5 nitrogen and oxygen atoms in total. The van der Waals surface area contributed by atoms with Gasteiger partial charge in [0, 0.05) is 45.4 Å². The Bertz CT molecular complexity index is 385. The van der Waals surface area contributed by atoms with Crippen LogP contribution in [0.2, 0.25) is 0 Å². The SMILES string of the molecule is CCOCCCOc1c(CNCCOC)cccc1OC. The van der Waals surface area contributed by atoms with Gasteiger partial charge in [0.15, 0.2) is 11.5 Å². The van der Waals surface area contributed by atoms with Crippen molar-refractivity contribution in [2.75, 3.05) is 47.2 Å². The Morgan fingerprint density at radius 1 is 1.10 bits per heavy atom. The zero-order valence-corrected chi connectivity index (χ0v) is 13.3. The van der Waals surface area contributed by atoms with E-state index in [2.05, 4.69) is 5.32 Å². The average Bonchev–Trinajstić information content (AvgIpc) is 2.52. The van der Waals surface area contributed by atoms with Gasteiger partial charge in [-0.3, -0.25) is 0 Å². The summed E-state index contributed by atoms with van der Waals surface area (Å²) < 4.78 is 21.6. The van der Waals surface area contributed by atoms with Crippen molar-refractivity contribution in [2.24, 2.45) is 0 Å². The Morgan fingerprint density at radius 2 is 1.95 bits per heavy atom. The van der Waals surface area contributed by atoms with E-state index >= 15 is 0 Å². The van der Waals surface area contributed by atoms with Crippen LogP contribution >= 0.6 is 0 Å². The minimum absolute atomic E-state index is 0.617. The highest BCUT2D eigenvalue weighted by Gasteiger charge is 2.10. The summed E-state index contributed by atoms with van der Waals surface area (Å²) in [6.07, 6.45) is 0.864. The van der Waals surface area contributed by atoms with Crippen molar-refractivity contribution >= 4 is 0 Å². The molecule has 0 bridgehead atoms. The summed E-state index contributed by atoms with van der Waals surface area (Å²) in [5.74, 6) is 1.57. The zero-order chi connectivity index (χ0) is 15.3. The number of ether oxygens (including phenoxy) is 4. The van der Waals surface area contributed by atoms with Crippen LogP contribution in [0.3, 0.4) is 0 Å². The summed E-state index contributed by atoms with van der Waals surface area (Å²) in [5, 5.41) is 3.32. The third-order valence-corrected chi connectivity index (χ3v) is 2.96. The van der Waals surface area contributed by atoms with Crippen molar-refractivity contribution in [1.29, 1.82) is 0 Å². The molecule has 0 heterocycles. The number of hydrogen-bond donors (Lipinski definition) is 1. The molecule has 1 aromatic carbocycles. The minimum Gasteiger partial charge on any atom is -0.493 e. The van der Waals surface area contributed by atoms with E-state index in [0.29, 0.717) is 19.8 Å². The molecule has 0 unspecified atom stereocenters. The van der Waals surface area contributed by atoms with Crippen molar-refractivity contribution in [1.82, 2.24) is 5.32 Å². The number of benzene rings is 1. The van der Waals surface area contributed by atoms with Crippen LogP contribution in [0.25, 0.3) is 0 Å². The largest absolute Gasteiger partial charge is 0.493 e. The van der Waals surface area contributed by atoms with E-state index in [4.69, 9.17) is 18.9 Å². The van der Waals surface area contributed by atoms with Gasteiger partial charge in [-0.25, -0.2) is 0 Å². The summed E-state index contributed by atoms with van der Waals surface area (Å²) in [4.78, 5) is 0. The first-order valence-electron chi connectivity index (χ1n) is 7.39. The van der Waals surface area contributed by atoms with Crippen molar-refractivity contribution in [2.45, 2.75) is 19.9 Å². The molecule has 1 aromatic rings. The summed E-state index contributed by atoms with van der Waals surface area (Å²) >= 11 is 0. The summed E-state index contributed by atoms with van der Waals surface area (Å²) in [5.41, 5.74) is 1.09. The predicted octanol–water partition coefficient (Wildman–Crippen LogP) is 2.24. The van der Waals surface area contributed by atoms with Crippen LogP contribution in [0, 0.1) is 0 Å². The summed E-state index contributed by atoms with van der Waals surface area (Å²) in [7, 11) is 3.35. The fraction of sp³-hybridized carbons (Fsp3) is 0.625. The van der Waals surface area contributed by atoms with Crippen LogP contribution in [0.1, 0.15) is 18.9 Å². The molecular formula is C16H27NO4. The minimum atomic E-state index is 0.617. The molecule has 0 fully saturated rings. The van der Waals surface area contributed by atoms with Gasteiger partial charge in [-0.05, 0) is 13.0 Å². The topological polar surface area (TPSA) is 49.0 Å². The highest BCUT2D eigenvalue weighted by molar-refractivity contribution is 5.46. The third kappa shape index (κ3) is 6.80. The Morgan fingerprint density at radius 3 is 2.67 bits per heavy atom. The van der Waals surface area contributed by atoms with Crippen LogP contribution in [-0.2, 0) is 16.0 Å². The molecule has 1 rings (SSSR count). The average molecular weight is 297 g/mol. The lowest BCUT2D eigenvalue weighted by molar-refractivity contribution is 0.130. The Balaban J connectivity index is 2.55. The summed E-state index contributed by atoms with van der Waals surface area (Å²) in [6, 6.07) is 5.93. The van der Waals surface area contributed by atoms with Gasteiger partial charge in [-0.1, -0.05) is 12.1 Å². The maximum atomic E-state index is 5.89. The van der Waals surface area contributed by atoms with E-state index in [1.807, 2.05) is 25.1 Å². The second-order valence-corrected chi connectivity index (χ2v) is 4.52. The fourth-order valence-electron chi connectivity index (χ4n) is 1.90. The van der Waals surface area contributed by atoms with E-state index in [0.717, 1.165) is 43.2 Å². The molecule has 0 aromatic heterocycles. The first kappa shape index (κ1) is 17.8. The van der Waals surface area contributed by atoms with E-state index in [9.17, 15) is 0 Å². The first-order chi connectivity index (χ1) is 10.3. The Hall–Kier alpha value is -1.30. The van der Waals surface area contributed by atoms with Crippen molar-refractivity contribution < 1.29 is 18.9 Å². The molecule has 0 atom stereocenters. The van der Waals surface area contributed by atoms with Gasteiger partial charge in [0.2, 0.25) is 0 Å². The van der Waals surface area contributed by atoms with Gasteiger partial charge >= 0.3 is 0 Å². The molecule has 0 aliphatic carbocycles.